The SMILES string of the molecule is CC(CC(=O)O)Nc1ncccc1[N+](=O)[O-]. The van der Waals surface area contributed by atoms with Crippen molar-refractivity contribution in [3.63, 3.8) is 0 Å². The van der Waals surface area contributed by atoms with Crippen molar-refractivity contribution in [3.05, 3.63) is 28.4 Å². The van der Waals surface area contributed by atoms with Crippen LogP contribution in [0.2, 0.25) is 0 Å². The van der Waals surface area contributed by atoms with Gasteiger partial charge in [0, 0.05) is 18.3 Å². The van der Waals surface area contributed by atoms with Gasteiger partial charge in [0.25, 0.3) is 0 Å². The highest BCUT2D eigenvalue weighted by atomic mass is 16.6. The first-order chi connectivity index (χ1) is 7.50. The third-order valence-electron chi connectivity index (χ3n) is 1.85. The van der Waals surface area contributed by atoms with Crippen LogP contribution in [0.4, 0.5) is 11.5 Å². The van der Waals surface area contributed by atoms with E-state index in [4.69, 9.17) is 5.11 Å². The van der Waals surface area contributed by atoms with E-state index < -0.39 is 16.9 Å². The molecular formula is C9H11N3O4. The second-order valence-electron chi connectivity index (χ2n) is 3.27. The predicted octanol–water partition coefficient (Wildman–Crippen LogP) is 1.26. The standard InChI is InChI=1S/C9H11N3O4/c1-6(5-8(13)14)11-9-7(12(15)16)3-2-4-10-9/h2-4,6H,5H2,1H3,(H,10,11)(H,13,14). The number of carboxylic acid groups (broad SMARTS) is 1. The van der Waals surface area contributed by atoms with E-state index in [1.165, 1.54) is 18.3 Å². The van der Waals surface area contributed by atoms with Crippen molar-refractivity contribution >= 4 is 17.5 Å². The number of nitrogens with zero attached hydrogens (tertiary/aromatic N) is 2. The van der Waals surface area contributed by atoms with Gasteiger partial charge < -0.3 is 10.4 Å². The molecule has 1 unspecified atom stereocenters. The molecular weight excluding hydrogens is 214 g/mol. The van der Waals surface area contributed by atoms with Gasteiger partial charge >= 0.3 is 11.7 Å². The molecule has 1 aromatic heterocycles. The van der Waals surface area contributed by atoms with Gasteiger partial charge in [-0.05, 0) is 13.0 Å². The van der Waals surface area contributed by atoms with Gasteiger partial charge in [-0.25, -0.2) is 4.98 Å². The molecule has 0 fully saturated rings. The molecule has 0 spiro atoms. The molecule has 0 bridgehead atoms. The van der Waals surface area contributed by atoms with Crippen molar-refractivity contribution in [2.75, 3.05) is 5.32 Å². The molecule has 7 nitrogen and oxygen atoms in total. The number of anilines is 1. The maximum Gasteiger partial charge on any atom is 0.311 e. The molecule has 0 aromatic carbocycles. The highest BCUT2D eigenvalue weighted by Crippen LogP contribution is 2.21. The van der Waals surface area contributed by atoms with Gasteiger partial charge in [-0.2, -0.15) is 0 Å². The number of nitro groups is 1. The number of hydrogen-bond acceptors (Lipinski definition) is 5. The van der Waals surface area contributed by atoms with Crippen molar-refractivity contribution in [2.45, 2.75) is 19.4 Å². The first-order valence-electron chi connectivity index (χ1n) is 4.58. The lowest BCUT2D eigenvalue weighted by atomic mass is 10.2. The van der Waals surface area contributed by atoms with Crippen LogP contribution in [0.3, 0.4) is 0 Å². The first kappa shape index (κ1) is 11.9. The average Bonchev–Trinajstić information content (AvgIpc) is 2.16. The van der Waals surface area contributed by atoms with Crippen LogP contribution in [-0.4, -0.2) is 27.0 Å². The van der Waals surface area contributed by atoms with Crippen molar-refractivity contribution in [1.82, 2.24) is 4.98 Å². The van der Waals surface area contributed by atoms with Crippen molar-refractivity contribution in [3.8, 4) is 0 Å². The summed E-state index contributed by atoms with van der Waals surface area (Å²) >= 11 is 0. The molecule has 0 aliphatic carbocycles. The fourth-order valence-corrected chi connectivity index (χ4v) is 1.20. The summed E-state index contributed by atoms with van der Waals surface area (Å²) in [5, 5.41) is 21.9. The Bertz CT molecular complexity index is 407. The van der Waals surface area contributed by atoms with Crippen LogP contribution in [0.15, 0.2) is 18.3 Å². The number of pyridine rings is 1. The maximum atomic E-state index is 10.6. The molecule has 1 aromatic rings. The second-order valence-corrected chi connectivity index (χ2v) is 3.27. The maximum absolute atomic E-state index is 10.6. The molecule has 0 amide bonds. The third-order valence-corrected chi connectivity index (χ3v) is 1.85. The summed E-state index contributed by atoms with van der Waals surface area (Å²) in [7, 11) is 0. The lowest BCUT2D eigenvalue weighted by Gasteiger charge is -2.11. The summed E-state index contributed by atoms with van der Waals surface area (Å²) < 4.78 is 0. The number of nitrogens with one attached hydrogen (secondary N) is 1. The quantitative estimate of drug-likeness (QED) is 0.577. The summed E-state index contributed by atoms with van der Waals surface area (Å²) in [6, 6.07) is 2.33. The summed E-state index contributed by atoms with van der Waals surface area (Å²) in [4.78, 5) is 24.3. The molecule has 0 aliphatic heterocycles. The second kappa shape index (κ2) is 5.06. The van der Waals surface area contributed by atoms with Crippen LogP contribution in [0.5, 0.6) is 0 Å². The molecule has 0 radical (unpaired) electrons. The Labute approximate surface area is 91.3 Å². The predicted molar refractivity (Wildman–Crippen MR) is 56.2 cm³/mol. The zero-order valence-corrected chi connectivity index (χ0v) is 8.58. The van der Waals surface area contributed by atoms with E-state index in [0.29, 0.717) is 0 Å². The summed E-state index contributed by atoms with van der Waals surface area (Å²) in [6.07, 6.45) is 1.27. The monoisotopic (exact) mass is 225 g/mol. The molecule has 0 saturated heterocycles. The van der Waals surface area contributed by atoms with Crippen LogP contribution in [0.25, 0.3) is 0 Å². The van der Waals surface area contributed by atoms with Gasteiger partial charge in [0.05, 0.1) is 11.3 Å². The van der Waals surface area contributed by atoms with Crippen LogP contribution < -0.4 is 5.32 Å². The smallest absolute Gasteiger partial charge is 0.311 e. The summed E-state index contributed by atoms with van der Waals surface area (Å²) in [5.74, 6) is -0.889. The molecule has 0 aliphatic rings. The fourth-order valence-electron chi connectivity index (χ4n) is 1.20. The minimum absolute atomic E-state index is 0.0845. The molecule has 1 rings (SSSR count). The van der Waals surface area contributed by atoms with E-state index in [0.717, 1.165) is 0 Å². The van der Waals surface area contributed by atoms with E-state index >= 15 is 0 Å². The minimum atomic E-state index is -0.974. The van der Waals surface area contributed by atoms with Gasteiger partial charge in [-0.15, -0.1) is 0 Å². The highest BCUT2D eigenvalue weighted by molar-refractivity contribution is 5.68. The van der Waals surface area contributed by atoms with E-state index in [-0.39, 0.29) is 17.9 Å². The van der Waals surface area contributed by atoms with Crippen molar-refractivity contribution in [2.24, 2.45) is 0 Å². The first-order valence-corrected chi connectivity index (χ1v) is 4.58. The van der Waals surface area contributed by atoms with E-state index in [9.17, 15) is 14.9 Å². The third kappa shape index (κ3) is 3.19. The zero-order valence-electron chi connectivity index (χ0n) is 8.58. The molecule has 16 heavy (non-hydrogen) atoms. The largest absolute Gasteiger partial charge is 0.481 e. The number of hydrogen-bond donors (Lipinski definition) is 2. The molecule has 0 saturated carbocycles. The average molecular weight is 225 g/mol. The normalized spacial score (nSPS) is 11.8. The highest BCUT2D eigenvalue weighted by Gasteiger charge is 2.16. The van der Waals surface area contributed by atoms with Crippen LogP contribution >= 0.6 is 0 Å². The zero-order chi connectivity index (χ0) is 12.1. The number of carbonyl (C=O) groups is 1. The number of aliphatic carboxylic acids is 1. The minimum Gasteiger partial charge on any atom is -0.481 e. The summed E-state index contributed by atoms with van der Waals surface area (Å²) in [5.41, 5.74) is -0.167. The van der Waals surface area contributed by atoms with Crippen molar-refractivity contribution in [1.29, 1.82) is 0 Å². The number of rotatable bonds is 5. The van der Waals surface area contributed by atoms with Gasteiger partial charge in [0.15, 0.2) is 0 Å². The van der Waals surface area contributed by atoms with Gasteiger partial charge in [0.2, 0.25) is 5.82 Å². The van der Waals surface area contributed by atoms with E-state index in [1.807, 2.05) is 0 Å². The molecule has 1 heterocycles. The summed E-state index contributed by atoms with van der Waals surface area (Å²) in [6.45, 7) is 1.62. The van der Waals surface area contributed by atoms with Gasteiger partial charge in [-0.3, -0.25) is 14.9 Å². The lowest BCUT2D eigenvalue weighted by Crippen LogP contribution is -2.20. The topological polar surface area (TPSA) is 105 Å². The Morgan fingerprint density at radius 2 is 2.44 bits per heavy atom. The Morgan fingerprint density at radius 3 is 3.00 bits per heavy atom. The van der Waals surface area contributed by atoms with Gasteiger partial charge in [0.1, 0.15) is 0 Å². The van der Waals surface area contributed by atoms with Crippen molar-refractivity contribution < 1.29 is 14.8 Å². The van der Waals surface area contributed by atoms with E-state index in [2.05, 4.69) is 10.3 Å². The lowest BCUT2D eigenvalue weighted by molar-refractivity contribution is -0.384. The number of aromatic nitrogens is 1. The van der Waals surface area contributed by atoms with Crippen LogP contribution in [-0.2, 0) is 4.79 Å². The molecule has 2 N–H and O–H groups in total. The molecule has 7 heteroatoms. The number of carboxylic acids is 1. The van der Waals surface area contributed by atoms with E-state index in [1.54, 1.807) is 6.92 Å². The Balaban J connectivity index is 2.80. The molecule has 1 atom stereocenters. The Morgan fingerprint density at radius 1 is 1.75 bits per heavy atom. The fraction of sp³-hybridized carbons (Fsp3) is 0.333. The van der Waals surface area contributed by atoms with Crippen LogP contribution in [0, 0.1) is 10.1 Å². The molecule has 86 valence electrons. The van der Waals surface area contributed by atoms with Gasteiger partial charge in [-0.1, -0.05) is 0 Å². The van der Waals surface area contributed by atoms with Crippen LogP contribution in [0.1, 0.15) is 13.3 Å². The Kier molecular flexibility index (Phi) is 3.76. The Hall–Kier alpha value is -2.18.